The average Bonchev–Trinajstić information content (AvgIpc) is 1.77. The molecular formula is C9H16O5. The van der Waals surface area contributed by atoms with Crippen molar-refractivity contribution in [3.05, 3.63) is 0 Å². The number of carbonyl (C=O) groups is 2. The Morgan fingerprint density at radius 1 is 1.07 bits per heavy atom. The van der Waals surface area contributed by atoms with Crippen molar-refractivity contribution in [2.45, 2.75) is 46.3 Å². The highest BCUT2D eigenvalue weighted by atomic mass is 16.8. The lowest BCUT2D eigenvalue weighted by Crippen LogP contribution is -2.27. The number of hydrogen-bond donors (Lipinski definition) is 0. The molecule has 0 aromatic rings. The van der Waals surface area contributed by atoms with Crippen molar-refractivity contribution in [1.82, 2.24) is 0 Å². The Balaban J connectivity index is 3.90. The third kappa shape index (κ3) is 7.39. The van der Waals surface area contributed by atoms with Crippen molar-refractivity contribution >= 4 is 12.3 Å². The van der Waals surface area contributed by atoms with E-state index in [1.165, 1.54) is 0 Å². The van der Waals surface area contributed by atoms with Gasteiger partial charge in [-0.25, -0.2) is 9.59 Å². The molecule has 5 nitrogen and oxygen atoms in total. The van der Waals surface area contributed by atoms with Crippen LogP contribution in [0.15, 0.2) is 0 Å². The highest BCUT2D eigenvalue weighted by molar-refractivity contribution is 5.77. The van der Waals surface area contributed by atoms with E-state index in [9.17, 15) is 9.59 Å². The van der Waals surface area contributed by atoms with Crippen molar-refractivity contribution in [2.24, 2.45) is 0 Å². The van der Waals surface area contributed by atoms with Crippen LogP contribution in [0.1, 0.15) is 34.6 Å². The zero-order chi connectivity index (χ0) is 11.4. The van der Waals surface area contributed by atoms with E-state index in [4.69, 9.17) is 4.74 Å². The fraction of sp³-hybridized carbons (Fsp3) is 0.778. The van der Waals surface area contributed by atoms with Crippen molar-refractivity contribution < 1.29 is 23.8 Å². The van der Waals surface area contributed by atoms with Crippen molar-refractivity contribution in [3.63, 3.8) is 0 Å². The maximum Gasteiger partial charge on any atom is 0.519 e. The third-order valence-electron chi connectivity index (χ3n) is 0.888. The smallest absolute Gasteiger partial charge is 0.431 e. The van der Waals surface area contributed by atoms with E-state index in [-0.39, 0.29) is 6.10 Å². The van der Waals surface area contributed by atoms with Crippen LogP contribution in [0.25, 0.3) is 0 Å². The second kappa shape index (κ2) is 4.83. The first-order valence-electron chi connectivity index (χ1n) is 4.32. The molecule has 0 aliphatic rings. The highest BCUT2D eigenvalue weighted by Gasteiger charge is 2.21. The fourth-order valence-electron chi connectivity index (χ4n) is 0.555. The molecule has 0 fully saturated rings. The summed E-state index contributed by atoms with van der Waals surface area (Å²) in [5.74, 6) is 0. The second-order valence-electron chi connectivity index (χ2n) is 3.98. The van der Waals surface area contributed by atoms with Gasteiger partial charge in [-0.2, -0.15) is 0 Å². The molecule has 0 bridgehead atoms. The van der Waals surface area contributed by atoms with Gasteiger partial charge in [-0.05, 0) is 34.6 Å². The normalized spacial score (nSPS) is 11.0. The summed E-state index contributed by atoms with van der Waals surface area (Å²) in [5.41, 5.74) is -0.685. The summed E-state index contributed by atoms with van der Waals surface area (Å²) in [4.78, 5) is 21.7. The lowest BCUT2D eigenvalue weighted by atomic mass is 10.2. The maximum atomic E-state index is 10.9. The van der Waals surface area contributed by atoms with E-state index in [1.807, 2.05) is 0 Å². The third-order valence-corrected chi connectivity index (χ3v) is 0.888. The summed E-state index contributed by atoms with van der Waals surface area (Å²) in [6.07, 6.45) is -2.43. The Hall–Kier alpha value is -1.26. The lowest BCUT2D eigenvalue weighted by molar-refractivity contribution is -0.0131. The van der Waals surface area contributed by atoms with Gasteiger partial charge >= 0.3 is 12.3 Å². The molecule has 0 N–H and O–H groups in total. The molecule has 14 heavy (non-hydrogen) atoms. The van der Waals surface area contributed by atoms with Crippen LogP contribution < -0.4 is 0 Å². The molecule has 0 saturated heterocycles. The molecule has 5 heteroatoms. The van der Waals surface area contributed by atoms with Gasteiger partial charge in [-0.3, -0.25) is 0 Å². The Bertz CT molecular complexity index is 214. The lowest BCUT2D eigenvalue weighted by Gasteiger charge is -2.18. The summed E-state index contributed by atoms with van der Waals surface area (Å²) in [5, 5.41) is 0. The summed E-state index contributed by atoms with van der Waals surface area (Å²) in [6, 6.07) is 0. The van der Waals surface area contributed by atoms with Crippen molar-refractivity contribution in [2.75, 3.05) is 0 Å². The predicted molar refractivity (Wildman–Crippen MR) is 48.9 cm³/mol. The van der Waals surface area contributed by atoms with Gasteiger partial charge in [0.05, 0.1) is 6.10 Å². The first kappa shape index (κ1) is 12.7. The Labute approximate surface area is 83.3 Å². The molecule has 0 radical (unpaired) electrons. The first-order valence-corrected chi connectivity index (χ1v) is 4.32. The SMILES string of the molecule is CC(C)OC(=O)OC(=O)OC(C)(C)C. The maximum absolute atomic E-state index is 10.9. The standard InChI is InChI=1S/C9H16O5/c1-6(2)12-7(10)13-8(11)14-9(3,4)5/h6H,1-5H3. The summed E-state index contributed by atoms with van der Waals surface area (Å²) < 4.78 is 13.5. The minimum atomic E-state index is -1.05. The van der Waals surface area contributed by atoms with Crippen molar-refractivity contribution in [3.8, 4) is 0 Å². The molecule has 0 atom stereocenters. The molecule has 82 valence electrons. The van der Waals surface area contributed by atoms with E-state index < -0.39 is 17.9 Å². The van der Waals surface area contributed by atoms with E-state index in [1.54, 1.807) is 34.6 Å². The Kier molecular flexibility index (Phi) is 4.40. The Morgan fingerprint density at radius 3 is 1.93 bits per heavy atom. The predicted octanol–water partition coefficient (Wildman–Crippen LogP) is 2.48. The van der Waals surface area contributed by atoms with E-state index in [2.05, 4.69) is 9.47 Å². The highest BCUT2D eigenvalue weighted by Crippen LogP contribution is 2.08. The van der Waals surface area contributed by atoms with Crippen LogP contribution in [0, 0.1) is 0 Å². The zero-order valence-electron chi connectivity index (χ0n) is 9.12. The van der Waals surface area contributed by atoms with Gasteiger partial charge in [-0.15, -0.1) is 0 Å². The van der Waals surface area contributed by atoms with Crippen LogP contribution in [-0.2, 0) is 14.2 Å². The molecule has 0 spiro atoms. The van der Waals surface area contributed by atoms with Crippen LogP contribution in [-0.4, -0.2) is 24.0 Å². The minimum absolute atomic E-state index is 0.329. The van der Waals surface area contributed by atoms with Gasteiger partial charge in [-0.1, -0.05) is 0 Å². The van der Waals surface area contributed by atoms with Gasteiger partial charge < -0.3 is 14.2 Å². The summed E-state index contributed by atoms with van der Waals surface area (Å²) in [7, 11) is 0. The van der Waals surface area contributed by atoms with Crippen LogP contribution in [0.3, 0.4) is 0 Å². The van der Waals surface area contributed by atoms with Crippen molar-refractivity contribution in [1.29, 1.82) is 0 Å². The number of ether oxygens (including phenoxy) is 3. The molecule has 0 aliphatic heterocycles. The zero-order valence-corrected chi connectivity index (χ0v) is 9.12. The molecular weight excluding hydrogens is 188 g/mol. The van der Waals surface area contributed by atoms with Gasteiger partial charge in [0, 0.05) is 0 Å². The van der Waals surface area contributed by atoms with Crippen LogP contribution >= 0.6 is 0 Å². The molecule has 0 saturated carbocycles. The van der Waals surface area contributed by atoms with E-state index in [0.717, 1.165) is 0 Å². The monoisotopic (exact) mass is 204 g/mol. The second-order valence-corrected chi connectivity index (χ2v) is 3.98. The number of rotatable bonds is 1. The summed E-state index contributed by atoms with van der Waals surface area (Å²) >= 11 is 0. The summed E-state index contributed by atoms with van der Waals surface area (Å²) in [6.45, 7) is 8.30. The molecule has 0 aliphatic carbocycles. The number of carbonyl (C=O) groups excluding carboxylic acids is 2. The fourth-order valence-corrected chi connectivity index (χ4v) is 0.555. The van der Waals surface area contributed by atoms with Gasteiger partial charge in [0.25, 0.3) is 0 Å². The van der Waals surface area contributed by atoms with Gasteiger partial charge in [0.1, 0.15) is 5.60 Å². The molecule has 0 amide bonds. The molecule has 0 rings (SSSR count). The largest absolute Gasteiger partial charge is 0.519 e. The molecule has 0 unspecified atom stereocenters. The first-order chi connectivity index (χ1) is 6.20. The number of hydrogen-bond acceptors (Lipinski definition) is 5. The van der Waals surface area contributed by atoms with Crippen LogP contribution in [0.5, 0.6) is 0 Å². The average molecular weight is 204 g/mol. The quantitative estimate of drug-likeness (QED) is 0.485. The van der Waals surface area contributed by atoms with Gasteiger partial charge in [0.2, 0.25) is 0 Å². The minimum Gasteiger partial charge on any atom is -0.431 e. The van der Waals surface area contributed by atoms with Gasteiger partial charge in [0.15, 0.2) is 0 Å². The van der Waals surface area contributed by atoms with Crippen LogP contribution in [0.2, 0.25) is 0 Å². The molecule has 0 heterocycles. The van der Waals surface area contributed by atoms with Crippen LogP contribution in [0.4, 0.5) is 9.59 Å². The van der Waals surface area contributed by atoms with E-state index >= 15 is 0 Å². The Morgan fingerprint density at radius 2 is 1.57 bits per heavy atom. The molecule has 0 aromatic heterocycles. The molecule has 0 aromatic carbocycles. The topological polar surface area (TPSA) is 61.8 Å². The van der Waals surface area contributed by atoms with E-state index in [0.29, 0.717) is 0 Å².